The number of morpholine rings is 1. The van der Waals surface area contributed by atoms with Crippen molar-refractivity contribution in [3.05, 3.63) is 60.3 Å². The van der Waals surface area contributed by atoms with Crippen molar-refractivity contribution < 1.29 is 9.53 Å². The molecule has 2 heterocycles. The molecule has 1 fully saturated rings. The van der Waals surface area contributed by atoms with Gasteiger partial charge in [-0.1, -0.05) is 24.3 Å². The fourth-order valence-corrected chi connectivity index (χ4v) is 3.41. The van der Waals surface area contributed by atoms with Gasteiger partial charge in [0.1, 0.15) is 0 Å². The molecule has 0 radical (unpaired) electrons. The summed E-state index contributed by atoms with van der Waals surface area (Å²) in [6.07, 6.45) is 1.77. The number of aromatic nitrogens is 2. The molecule has 144 valence electrons. The average molecular weight is 376 g/mol. The van der Waals surface area contributed by atoms with E-state index in [0.29, 0.717) is 5.56 Å². The number of ether oxygens (including phenoxy) is 1. The summed E-state index contributed by atoms with van der Waals surface area (Å²) in [6, 6.07) is 15.4. The Morgan fingerprint density at radius 1 is 1.11 bits per heavy atom. The maximum atomic E-state index is 12.5. The Kier molecular flexibility index (Phi) is 5.60. The maximum Gasteiger partial charge on any atom is 0.251 e. The van der Waals surface area contributed by atoms with Crippen molar-refractivity contribution in [2.45, 2.75) is 13.0 Å². The van der Waals surface area contributed by atoms with Gasteiger partial charge in [0.15, 0.2) is 0 Å². The number of nitrogens with zero attached hydrogens (tertiary/aromatic N) is 3. The monoisotopic (exact) mass is 376 g/mol. The molecular weight excluding hydrogens is 352 g/mol. The fourth-order valence-electron chi connectivity index (χ4n) is 3.41. The summed E-state index contributed by atoms with van der Waals surface area (Å²) in [5, 5.41) is 3.08. The zero-order valence-electron chi connectivity index (χ0n) is 16.0. The number of carbonyl (C=O) groups excluding carboxylic acids is 1. The van der Waals surface area contributed by atoms with Crippen LogP contribution in [0.4, 0.5) is 0 Å². The number of para-hydroxylation sites is 2. The molecule has 0 aliphatic carbocycles. The lowest BCUT2D eigenvalue weighted by molar-refractivity contribution is 0.0342. The molecule has 1 aliphatic heterocycles. The summed E-state index contributed by atoms with van der Waals surface area (Å²) in [5.74, 6) is -0.0584. The normalized spacial score (nSPS) is 16.0. The molecule has 0 unspecified atom stereocenters. The smallest absolute Gasteiger partial charge is 0.251 e. The van der Waals surface area contributed by atoms with Crippen molar-refractivity contribution in [1.29, 1.82) is 0 Å². The molecule has 1 amide bonds. The number of hydrogen-bond acceptors (Lipinski definition) is 5. The van der Waals surface area contributed by atoms with E-state index < -0.39 is 0 Å². The predicted molar refractivity (Wildman–Crippen MR) is 109 cm³/mol. The van der Waals surface area contributed by atoms with Crippen LogP contribution in [0, 0.1) is 0 Å². The van der Waals surface area contributed by atoms with E-state index in [0.717, 1.165) is 55.1 Å². The SMILES string of the molecule is C[C@@H](CN1CCOCC1)NC(=O)c1ccc(-c2cnc3ccccc3n2)cc1. The summed E-state index contributed by atoms with van der Waals surface area (Å²) in [6.45, 7) is 6.23. The van der Waals surface area contributed by atoms with E-state index in [2.05, 4.69) is 20.2 Å². The van der Waals surface area contributed by atoms with Crippen LogP contribution in [0.3, 0.4) is 0 Å². The quantitative estimate of drug-likeness (QED) is 0.742. The fraction of sp³-hybridized carbons (Fsp3) is 0.318. The third-order valence-electron chi connectivity index (χ3n) is 4.90. The van der Waals surface area contributed by atoms with Gasteiger partial charge >= 0.3 is 0 Å². The van der Waals surface area contributed by atoms with Crippen molar-refractivity contribution >= 4 is 16.9 Å². The Labute approximate surface area is 164 Å². The third-order valence-corrected chi connectivity index (χ3v) is 4.90. The first-order valence-electron chi connectivity index (χ1n) is 9.62. The van der Waals surface area contributed by atoms with Gasteiger partial charge in [0.2, 0.25) is 0 Å². The highest BCUT2D eigenvalue weighted by Crippen LogP contribution is 2.19. The van der Waals surface area contributed by atoms with Crippen LogP contribution in [0.5, 0.6) is 0 Å². The van der Waals surface area contributed by atoms with Crippen molar-refractivity contribution in [2.24, 2.45) is 0 Å². The van der Waals surface area contributed by atoms with Crippen molar-refractivity contribution in [1.82, 2.24) is 20.2 Å². The van der Waals surface area contributed by atoms with E-state index in [1.165, 1.54) is 0 Å². The van der Waals surface area contributed by atoms with Gasteiger partial charge in [0, 0.05) is 36.8 Å². The van der Waals surface area contributed by atoms with Gasteiger partial charge in [-0.3, -0.25) is 14.7 Å². The van der Waals surface area contributed by atoms with Crippen molar-refractivity contribution in [3.63, 3.8) is 0 Å². The minimum Gasteiger partial charge on any atom is -0.379 e. The van der Waals surface area contributed by atoms with Crippen molar-refractivity contribution in [2.75, 3.05) is 32.8 Å². The van der Waals surface area contributed by atoms with Crippen LogP contribution >= 0.6 is 0 Å². The molecular formula is C22H24N4O2. The first-order valence-corrected chi connectivity index (χ1v) is 9.62. The van der Waals surface area contributed by atoms with Gasteiger partial charge in [-0.15, -0.1) is 0 Å². The number of fused-ring (bicyclic) bond motifs is 1. The highest BCUT2D eigenvalue weighted by atomic mass is 16.5. The molecule has 1 aliphatic rings. The number of nitrogens with one attached hydrogen (secondary N) is 1. The first-order chi connectivity index (χ1) is 13.7. The van der Waals surface area contributed by atoms with Crippen LogP contribution < -0.4 is 5.32 Å². The summed E-state index contributed by atoms with van der Waals surface area (Å²) >= 11 is 0. The zero-order valence-corrected chi connectivity index (χ0v) is 16.0. The molecule has 4 rings (SSSR count). The lowest BCUT2D eigenvalue weighted by Gasteiger charge is -2.29. The highest BCUT2D eigenvalue weighted by Gasteiger charge is 2.16. The summed E-state index contributed by atoms with van der Waals surface area (Å²) < 4.78 is 5.36. The maximum absolute atomic E-state index is 12.5. The second-order valence-electron chi connectivity index (χ2n) is 7.11. The predicted octanol–water partition coefficient (Wildman–Crippen LogP) is 2.75. The Bertz CT molecular complexity index is 952. The van der Waals surface area contributed by atoms with E-state index >= 15 is 0 Å². The molecule has 28 heavy (non-hydrogen) atoms. The number of carbonyl (C=O) groups is 1. The number of benzene rings is 2. The lowest BCUT2D eigenvalue weighted by atomic mass is 10.1. The molecule has 6 nitrogen and oxygen atoms in total. The Morgan fingerprint density at radius 3 is 2.57 bits per heavy atom. The van der Waals surface area contributed by atoms with Gasteiger partial charge < -0.3 is 10.1 Å². The van der Waals surface area contributed by atoms with E-state index in [-0.39, 0.29) is 11.9 Å². The number of rotatable bonds is 5. The molecule has 0 bridgehead atoms. The van der Waals surface area contributed by atoms with E-state index in [9.17, 15) is 4.79 Å². The Morgan fingerprint density at radius 2 is 1.82 bits per heavy atom. The molecule has 3 aromatic rings. The zero-order chi connectivity index (χ0) is 19.3. The molecule has 0 saturated carbocycles. The molecule has 2 aromatic carbocycles. The standard InChI is InChI=1S/C22H24N4O2/c1-16(15-26-10-12-28-13-11-26)24-22(27)18-8-6-17(7-9-18)21-14-23-19-4-2-3-5-20(19)25-21/h2-9,14,16H,10-13,15H2,1H3,(H,24,27)/t16-/m0/s1. The van der Waals surface area contributed by atoms with Crippen LogP contribution in [0.15, 0.2) is 54.7 Å². The number of hydrogen-bond donors (Lipinski definition) is 1. The summed E-state index contributed by atoms with van der Waals surface area (Å²) in [7, 11) is 0. The van der Waals surface area contributed by atoms with Crippen LogP contribution in [0.2, 0.25) is 0 Å². The minimum atomic E-state index is -0.0584. The topological polar surface area (TPSA) is 67.3 Å². The van der Waals surface area contributed by atoms with E-state index in [1.54, 1.807) is 6.20 Å². The second kappa shape index (κ2) is 8.46. The minimum absolute atomic E-state index is 0.0584. The molecule has 6 heteroatoms. The van der Waals surface area contributed by atoms with Gasteiger partial charge in [0.25, 0.3) is 5.91 Å². The highest BCUT2D eigenvalue weighted by molar-refractivity contribution is 5.94. The largest absolute Gasteiger partial charge is 0.379 e. The Balaban J connectivity index is 1.41. The van der Waals surface area contributed by atoms with Gasteiger partial charge in [-0.2, -0.15) is 0 Å². The van der Waals surface area contributed by atoms with Crippen LogP contribution in [-0.4, -0.2) is 59.7 Å². The molecule has 0 spiro atoms. The summed E-state index contributed by atoms with van der Waals surface area (Å²) in [5.41, 5.74) is 4.11. The summed E-state index contributed by atoms with van der Waals surface area (Å²) in [4.78, 5) is 24.0. The van der Waals surface area contributed by atoms with Crippen LogP contribution in [0.25, 0.3) is 22.3 Å². The van der Waals surface area contributed by atoms with E-state index in [1.807, 2.05) is 55.5 Å². The van der Waals surface area contributed by atoms with Gasteiger partial charge in [-0.05, 0) is 31.2 Å². The molecule has 1 N–H and O–H groups in total. The molecule has 1 saturated heterocycles. The second-order valence-corrected chi connectivity index (χ2v) is 7.11. The van der Waals surface area contributed by atoms with Gasteiger partial charge in [-0.25, -0.2) is 4.98 Å². The average Bonchev–Trinajstić information content (AvgIpc) is 2.74. The molecule has 1 atom stereocenters. The lowest BCUT2D eigenvalue weighted by Crippen LogP contribution is -2.46. The van der Waals surface area contributed by atoms with Crippen LogP contribution in [-0.2, 0) is 4.74 Å². The van der Waals surface area contributed by atoms with Crippen molar-refractivity contribution in [3.8, 4) is 11.3 Å². The number of amides is 1. The Hall–Kier alpha value is -2.83. The van der Waals surface area contributed by atoms with Gasteiger partial charge in [0.05, 0.1) is 36.1 Å². The third kappa shape index (κ3) is 4.35. The van der Waals surface area contributed by atoms with E-state index in [4.69, 9.17) is 4.74 Å². The molecule has 1 aromatic heterocycles. The van der Waals surface area contributed by atoms with Crippen LogP contribution in [0.1, 0.15) is 17.3 Å². The first kappa shape index (κ1) is 18.5.